The van der Waals surface area contributed by atoms with Gasteiger partial charge in [-0.3, -0.25) is 19.9 Å². The normalized spacial score (nSPS) is 27.4. The quantitative estimate of drug-likeness (QED) is 0.446. The van der Waals surface area contributed by atoms with Crippen molar-refractivity contribution in [3.63, 3.8) is 0 Å². The molecule has 0 unspecified atom stereocenters. The first-order chi connectivity index (χ1) is 18.6. The van der Waals surface area contributed by atoms with Crippen LogP contribution in [0.3, 0.4) is 0 Å². The van der Waals surface area contributed by atoms with Gasteiger partial charge in [0, 0.05) is 29.3 Å². The van der Waals surface area contributed by atoms with Gasteiger partial charge in [-0.1, -0.05) is 32.0 Å². The molecule has 4 atom stereocenters. The van der Waals surface area contributed by atoms with Gasteiger partial charge >= 0.3 is 0 Å². The van der Waals surface area contributed by atoms with Crippen molar-refractivity contribution in [3.05, 3.63) is 59.2 Å². The summed E-state index contributed by atoms with van der Waals surface area (Å²) in [6.07, 6.45) is 1.14. The topological polar surface area (TPSA) is 133 Å². The average molecular weight is 537 g/mol. The van der Waals surface area contributed by atoms with E-state index in [4.69, 9.17) is 19.6 Å². The Balaban J connectivity index is 1.47. The first kappa shape index (κ1) is 27.0. The monoisotopic (exact) mass is 536 g/mol. The number of fused-ring (bicyclic) bond motifs is 2. The maximum atomic E-state index is 13.6. The molecular formula is C29H36N4O6. The van der Waals surface area contributed by atoms with E-state index in [0.717, 1.165) is 0 Å². The lowest BCUT2D eigenvalue weighted by molar-refractivity contribution is -0.136. The second kappa shape index (κ2) is 10.2. The van der Waals surface area contributed by atoms with Crippen LogP contribution in [-0.2, 0) is 9.53 Å². The Bertz CT molecular complexity index is 1270. The summed E-state index contributed by atoms with van der Waals surface area (Å²) in [6.45, 7) is 5.88. The van der Waals surface area contributed by atoms with Crippen LogP contribution >= 0.6 is 0 Å². The zero-order valence-electron chi connectivity index (χ0n) is 22.7. The molecule has 0 bridgehead atoms. The van der Waals surface area contributed by atoms with Crippen LogP contribution in [0.1, 0.15) is 73.6 Å². The molecule has 3 heterocycles. The van der Waals surface area contributed by atoms with E-state index >= 15 is 0 Å². The van der Waals surface area contributed by atoms with Crippen molar-refractivity contribution in [3.8, 4) is 11.5 Å². The summed E-state index contributed by atoms with van der Waals surface area (Å²) in [5.74, 6) is 0.580. The minimum Gasteiger partial charge on any atom is -0.490 e. The lowest BCUT2D eigenvalue weighted by atomic mass is 9.85. The van der Waals surface area contributed by atoms with Crippen LogP contribution in [0.2, 0.25) is 0 Å². The standard InChI is InChI=1S/C29H36N4O6/c1-5-29(6-2)14-23(34)33(27(30)32-29)24-19-13-17(11-12-21(19)38-15-22(24)37-4)26(35)31-25-18-9-7-8-10-20(18)39-16-28(25,3)36/h7-13,22,24-25,36H,5-6,14-16H2,1-4H3,(H2,30,32)(H,31,35)/t22-,24-,25+,28-/m0/s1. The summed E-state index contributed by atoms with van der Waals surface area (Å²) in [5, 5.41) is 26.1. The molecule has 208 valence electrons. The highest BCUT2D eigenvalue weighted by Gasteiger charge is 2.47. The van der Waals surface area contributed by atoms with E-state index in [1.54, 1.807) is 38.3 Å². The highest BCUT2D eigenvalue weighted by Crippen LogP contribution is 2.41. The molecular weight excluding hydrogens is 500 g/mol. The lowest BCUT2D eigenvalue weighted by Gasteiger charge is -2.47. The van der Waals surface area contributed by atoms with E-state index < -0.39 is 35.2 Å². The number of ether oxygens (including phenoxy) is 3. The molecule has 3 aliphatic rings. The van der Waals surface area contributed by atoms with Gasteiger partial charge in [-0.2, -0.15) is 0 Å². The fourth-order valence-corrected chi connectivity index (χ4v) is 5.78. The predicted octanol–water partition coefficient (Wildman–Crippen LogP) is 3.07. The van der Waals surface area contributed by atoms with Crippen LogP contribution in [0.4, 0.5) is 0 Å². The SMILES string of the molecule is CCC1(CC)CC(=O)N([C@H]2c3cc(C(=O)N[C@@H]4c5ccccc5OC[C@]4(C)O)ccc3OC[C@@H]2OC)C(=N)N1. The number of carbonyl (C=O) groups excluding carboxylic acids is 2. The molecule has 4 N–H and O–H groups in total. The Morgan fingerprint density at radius 3 is 2.59 bits per heavy atom. The van der Waals surface area contributed by atoms with E-state index in [0.29, 0.717) is 41.0 Å². The molecule has 0 saturated carbocycles. The summed E-state index contributed by atoms with van der Waals surface area (Å²) in [7, 11) is 1.54. The number of nitrogens with one attached hydrogen (secondary N) is 3. The summed E-state index contributed by atoms with van der Waals surface area (Å²) in [6, 6.07) is 11.0. The molecule has 0 radical (unpaired) electrons. The molecule has 2 aromatic carbocycles. The molecule has 3 aliphatic heterocycles. The fourth-order valence-electron chi connectivity index (χ4n) is 5.78. The number of amides is 2. The van der Waals surface area contributed by atoms with E-state index in [2.05, 4.69) is 10.6 Å². The molecule has 0 aliphatic carbocycles. The molecule has 2 aromatic rings. The van der Waals surface area contributed by atoms with E-state index in [1.807, 2.05) is 32.0 Å². The Morgan fingerprint density at radius 2 is 1.90 bits per heavy atom. The molecule has 0 aromatic heterocycles. The summed E-state index contributed by atoms with van der Waals surface area (Å²) < 4.78 is 17.3. The van der Waals surface area contributed by atoms with Crippen molar-refractivity contribution in [1.82, 2.24) is 15.5 Å². The van der Waals surface area contributed by atoms with Crippen molar-refractivity contribution in [2.75, 3.05) is 20.3 Å². The number of nitrogens with zero attached hydrogens (tertiary/aromatic N) is 1. The summed E-state index contributed by atoms with van der Waals surface area (Å²) in [4.78, 5) is 28.5. The molecule has 5 rings (SSSR count). The zero-order chi connectivity index (χ0) is 27.9. The van der Waals surface area contributed by atoms with E-state index in [-0.39, 0.29) is 31.5 Å². The van der Waals surface area contributed by atoms with Crippen molar-refractivity contribution < 1.29 is 28.9 Å². The van der Waals surface area contributed by atoms with Crippen molar-refractivity contribution in [2.24, 2.45) is 0 Å². The largest absolute Gasteiger partial charge is 0.490 e. The van der Waals surface area contributed by atoms with Crippen molar-refractivity contribution in [2.45, 2.75) is 69.4 Å². The van der Waals surface area contributed by atoms with Gasteiger partial charge in [0.1, 0.15) is 36.4 Å². The molecule has 0 spiro atoms. The van der Waals surface area contributed by atoms with Gasteiger partial charge in [0.15, 0.2) is 5.96 Å². The van der Waals surface area contributed by atoms with Gasteiger partial charge in [0.05, 0.1) is 18.5 Å². The maximum absolute atomic E-state index is 13.6. The number of rotatable bonds is 6. The number of hydrogen-bond donors (Lipinski definition) is 4. The second-order valence-corrected chi connectivity index (χ2v) is 10.8. The van der Waals surface area contributed by atoms with Crippen LogP contribution < -0.4 is 20.1 Å². The predicted molar refractivity (Wildman–Crippen MR) is 144 cm³/mol. The van der Waals surface area contributed by atoms with E-state index in [9.17, 15) is 14.7 Å². The second-order valence-electron chi connectivity index (χ2n) is 10.8. The van der Waals surface area contributed by atoms with Crippen LogP contribution in [0.25, 0.3) is 0 Å². The van der Waals surface area contributed by atoms with Crippen LogP contribution in [0, 0.1) is 5.41 Å². The molecule has 39 heavy (non-hydrogen) atoms. The fraction of sp³-hybridized carbons (Fsp3) is 0.483. The summed E-state index contributed by atoms with van der Waals surface area (Å²) in [5.41, 5.74) is -0.175. The van der Waals surface area contributed by atoms with Gasteiger partial charge in [0.25, 0.3) is 5.91 Å². The highest BCUT2D eigenvalue weighted by atomic mass is 16.5. The third kappa shape index (κ3) is 4.72. The zero-order valence-corrected chi connectivity index (χ0v) is 22.7. The molecule has 1 saturated heterocycles. The molecule has 10 nitrogen and oxygen atoms in total. The minimum absolute atomic E-state index is 0.0135. The molecule has 1 fully saturated rings. The van der Waals surface area contributed by atoms with Gasteiger partial charge in [-0.15, -0.1) is 0 Å². The maximum Gasteiger partial charge on any atom is 0.251 e. The van der Waals surface area contributed by atoms with Crippen molar-refractivity contribution in [1.29, 1.82) is 5.41 Å². The number of aliphatic hydroxyl groups is 1. The number of benzene rings is 2. The van der Waals surface area contributed by atoms with Crippen molar-refractivity contribution >= 4 is 17.8 Å². The Morgan fingerprint density at radius 1 is 1.18 bits per heavy atom. The smallest absolute Gasteiger partial charge is 0.251 e. The summed E-state index contributed by atoms with van der Waals surface area (Å²) >= 11 is 0. The van der Waals surface area contributed by atoms with Gasteiger partial charge in [0.2, 0.25) is 5.91 Å². The lowest BCUT2D eigenvalue weighted by Crippen LogP contribution is -2.64. The van der Waals surface area contributed by atoms with Gasteiger partial charge in [-0.25, -0.2) is 0 Å². The molecule has 10 heteroatoms. The third-order valence-corrected chi connectivity index (χ3v) is 8.31. The minimum atomic E-state index is -1.32. The van der Waals surface area contributed by atoms with Crippen LogP contribution in [0.15, 0.2) is 42.5 Å². The first-order valence-corrected chi connectivity index (χ1v) is 13.4. The highest BCUT2D eigenvalue weighted by molar-refractivity contribution is 6.00. The molecule has 2 amide bonds. The average Bonchev–Trinajstić information content (AvgIpc) is 2.93. The Labute approximate surface area is 228 Å². The van der Waals surface area contributed by atoms with E-state index in [1.165, 1.54) is 4.90 Å². The van der Waals surface area contributed by atoms with Gasteiger partial charge < -0.3 is 30.0 Å². The first-order valence-electron chi connectivity index (χ1n) is 13.4. The Hall–Kier alpha value is -3.63. The number of guanidine groups is 1. The number of para-hydroxylation sites is 1. The van der Waals surface area contributed by atoms with Gasteiger partial charge in [-0.05, 0) is 44.0 Å². The third-order valence-electron chi connectivity index (χ3n) is 8.31. The number of carbonyl (C=O) groups is 2. The van der Waals surface area contributed by atoms with Crippen LogP contribution in [-0.4, -0.2) is 65.3 Å². The van der Waals surface area contributed by atoms with Crippen LogP contribution in [0.5, 0.6) is 11.5 Å². The number of methoxy groups -OCH3 is 1. The Kier molecular flexibility index (Phi) is 7.02. The number of hydrogen-bond acceptors (Lipinski definition) is 7.